The summed E-state index contributed by atoms with van der Waals surface area (Å²) in [5.74, 6) is 0. The fourth-order valence-corrected chi connectivity index (χ4v) is 6.06. The molecule has 1 saturated heterocycles. The van der Waals surface area contributed by atoms with Gasteiger partial charge in [0.2, 0.25) is 0 Å². The van der Waals surface area contributed by atoms with E-state index in [0.717, 1.165) is 37.0 Å². The van der Waals surface area contributed by atoms with Gasteiger partial charge in [0, 0.05) is 38.8 Å². The van der Waals surface area contributed by atoms with Crippen LogP contribution in [0.3, 0.4) is 0 Å². The summed E-state index contributed by atoms with van der Waals surface area (Å²) in [5, 5.41) is 2.82. The number of methoxy groups -OCH3 is 1. The minimum Gasteiger partial charge on any atom is -1.00 e. The van der Waals surface area contributed by atoms with Crippen molar-refractivity contribution in [1.29, 1.82) is 0 Å². The summed E-state index contributed by atoms with van der Waals surface area (Å²) in [7, 11) is 3.71. The number of nitrogens with one attached hydrogen (secondary N) is 1. The van der Waals surface area contributed by atoms with Crippen LogP contribution in [-0.2, 0) is 22.6 Å². The molecule has 2 rings (SSSR count). The van der Waals surface area contributed by atoms with Crippen LogP contribution in [0.4, 0.5) is 4.79 Å². The van der Waals surface area contributed by atoms with Gasteiger partial charge < -0.3 is 31.7 Å². The highest BCUT2D eigenvalue weighted by molar-refractivity contribution is 5.67. The minimum atomic E-state index is -0.493. The summed E-state index contributed by atoms with van der Waals surface area (Å²) in [6.07, 6.45) is 24.0. The molecular weight excluding hydrogens is 580 g/mol. The second-order valence-corrected chi connectivity index (χ2v) is 12.9. The van der Waals surface area contributed by atoms with Crippen LogP contribution in [-0.4, -0.2) is 72.8 Å². The van der Waals surface area contributed by atoms with Gasteiger partial charge in [-0.1, -0.05) is 103 Å². The van der Waals surface area contributed by atoms with Crippen molar-refractivity contribution in [3.63, 3.8) is 0 Å². The fraction of sp³-hybridized carbons (Fsp3) is 0.853. The molecule has 10 heteroatoms. The lowest BCUT2D eigenvalue weighted by atomic mass is 10.0. The summed E-state index contributed by atoms with van der Waals surface area (Å²) in [6.45, 7) is 6.42. The molecule has 1 N–H and O–H groups in total. The molecule has 0 aromatic carbocycles. The maximum absolute atomic E-state index is 13.0. The van der Waals surface area contributed by atoms with Crippen molar-refractivity contribution in [3.8, 4) is 0 Å². The molecule has 1 unspecified atom stereocenters. The third-order valence-corrected chi connectivity index (χ3v) is 9.08. The number of carbonyl (C=O) groups excluding carboxylic acids is 1. The van der Waals surface area contributed by atoms with Gasteiger partial charge in [0.1, 0.15) is 12.7 Å². The first kappa shape index (κ1) is 40.2. The molecule has 1 aliphatic rings. The number of rotatable bonds is 25. The average Bonchev–Trinajstić information content (AvgIpc) is 3.44. The van der Waals surface area contributed by atoms with E-state index in [4.69, 9.17) is 9.47 Å². The van der Waals surface area contributed by atoms with E-state index in [2.05, 4.69) is 19.3 Å². The quantitative estimate of drug-likeness (QED) is 0.131. The zero-order valence-electron chi connectivity index (χ0n) is 28.2. The first-order valence-electron chi connectivity index (χ1n) is 17.5. The third kappa shape index (κ3) is 17.0. The lowest BCUT2D eigenvalue weighted by Gasteiger charge is -2.29. The van der Waals surface area contributed by atoms with Crippen LogP contribution in [0.1, 0.15) is 122 Å². The normalized spacial score (nSPS) is 14.7. The number of amides is 1. The number of ether oxygens (including phenoxy) is 2. The predicted octanol–water partition coefficient (Wildman–Crippen LogP) is 3.26. The number of carbonyl (C=O) groups is 1. The van der Waals surface area contributed by atoms with E-state index in [1.165, 1.54) is 131 Å². The molecule has 0 radical (unpaired) electrons. The second-order valence-electron chi connectivity index (χ2n) is 12.9. The Hall–Kier alpha value is -1.84. The SMILES string of the molecule is CCCCCCCCCCCCCCCCCCNC(=O)OCC(Cn1ccc(=O)n(CC[N+]2(C)CCCC2)c1=O)OC.[Cl-]. The van der Waals surface area contributed by atoms with Crippen molar-refractivity contribution in [2.24, 2.45) is 0 Å². The van der Waals surface area contributed by atoms with Crippen LogP contribution in [0.2, 0.25) is 0 Å². The average molecular weight is 643 g/mol. The van der Waals surface area contributed by atoms with Crippen molar-refractivity contribution in [2.45, 2.75) is 142 Å². The maximum Gasteiger partial charge on any atom is 0.407 e. The highest BCUT2D eigenvalue weighted by Gasteiger charge is 2.27. The zero-order chi connectivity index (χ0) is 31.2. The smallest absolute Gasteiger partial charge is 0.407 e. The van der Waals surface area contributed by atoms with Crippen molar-refractivity contribution in [3.05, 3.63) is 33.1 Å². The van der Waals surface area contributed by atoms with Crippen molar-refractivity contribution in [2.75, 3.05) is 46.9 Å². The molecule has 0 aliphatic carbocycles. The van der Waals surface area contributed by atoms with Crippen molar-refractivity contribution >= 4 is 6.09 Å². The van der Waals surface area contributed by atoms with E-state index in [0.29, 0.717) is 13.1 Å². The zero-order valence-corrected chi connectivity index (χ0v) is 28.9. The lowest BCUT2D eigenvalue weighted by molar-refractivity contribution is -0.898. The number of halogens is 1. The van der Waals surface area contributed by atoms with Gasteiger partial charge in [0.25, 0.3) is 5.56 Å². The van der Waals surface area contributed by atoms with E-state index in [1.807, 2.05) is 0 Å². The van der Waals surface area contributed by atoms with Crippen LogP contribution in [0, 0.1) is 0 Å². The first-order valence-corrected chi connectivity index (χ1v) is 17.5. The van der Waals surface area contributed by atoms with Gasteiger partial charge in [-0.2, -0.15) is 0 Å². The molecule has 1 aliphatic heterocycles. The van der Waals surface area contributed by atoms with E-state index in [9.17, 15) is 14.4 Å². The number of aromatic nitrogens is 2. The topological polar surface area (TPSA) is 91.6 Å². The molecule has 9 nitrogen and oxygen atoms in total. The minimum absolute atomic E-state index is 0. The standard InChI is InChI=1S/C34H62N4O5.ClH/c1-4-5-6-7-8-9-10-11-12-13-14-15-16-17-18-19-23-35-33(40)43-30-31(42-3)29-36-24-22-32(39)37(34(36)41)25-28-38(2)26-20-21-27-38;/h22,24,31H,4-21,23,25-30H2,1-3H3;1H. The second kappa shape index (κ2) is 24.4. The van der Waals surface area contributed by atoms with Gasteiger partial charge in [-0.15, -0.1) is 0 Å². The van der Waals surface area contributed by atoms with Gasteiger partial charge in [0.05, 0.1) is 39.8 Å². The van der Waals surface area contributed by atoms with Crippen molar-refractivity contribution < 1.29 is 31.2 Å². The van der Waals surface area contributed by atoms with Gasteiger partial charge in [-0.3, -0.25) is 13.9 Å². The molecule has 256 valence electrons. The van der Waals surface area contributed by atoms with E-state index < -0.39 is 12.2 Å². The maximum atomic E-state index is 13.0. The molecule has 0 spiro atoms. The molecule has 2 heterocycles. The molecule has 1 atom stereocenters. The molecule has 0 bridgehead atoms. The lowest BCUT2D eigenvalue weighted by Crippen LogP contribution is -3.00. The third-order valence-electron chi connectivity index (χ3n) is 9.08. The molecule has 44 heavy (non-hydrogen) atoms. The van der Waals surface area contributed by atoms with Crippen LogP contribution < -0.4 is 29.0 Å². The highest BCUT2D eigenvalue weighted by atomic mass is 35.5. The summed E-state index contributed by atoms with van der Waals surface area (Å²) in [4.78, 5) is 37.6. The first-order chi connectivity index (χ1) is 20.9. The fourth-order valence-electron chi connectivity index (χ4n) is 6.06. The number of likely N-dealkylation sites (tertiary alicyclic amines) is 1. The molecule has 0 saturated carbocycles. The van der Waals surface area contributed by atoms with E-state index >= 15 is 0 Å². The van der Waals surface area contributed by atoms with Gasteiger partial charge in [-0.05, 0) is 6.42 Å². The summed E-state index contributed by atoms with van der Waals surface area (Å²) in [5.41, 5.74) is -0.640. The van der Waals surface area contributed by atoms with Gasteiger partial charge in [0.15, 0.2) is 0 Å². The molecule has 1 amide bonds. The summed E-state index contributed by atoms with van der Waals surface area (Å²) in [6, 6.07) is 1.42. The number of hydrogen-bond acceptors (Lipinski definition) is 5. The number of hydrogen-bond donors (Lipinski definition) is 1. The van der Waals surface area contributed by atoms with Crippen LogP contribution >= 0.6 is 0 Å². The number of quaternary nitrogens is 1. The Morgan fingerprint density at radius 1 is 0.886 bits per heavy atom. The Kier molecular flexibility index (Phi) is 22.3. The monoisotopic (exact) mass is 642 g/mol. The Morgan fingerprint density at radius 3 is 1.93 bits per heavy atom. The Balaban J connectivity index is 0.00000968. The van der Waals surface area contributed by atoms with Crippen LogP contribution in [0.5, 0.6) is 0 Å². The number of alkyl carbamates (subject to hydrolysis) is 1. The van der Waals surface area contributed by atoms with E-state index in [-0.39, 0.29) is 36.8 Å². The predicted molar refractivity (Wildman–Crippen MR) is 175 cm³/mol. The molecular formula is C34H63ClN4O5. The Bertz CT molecular complexity index is 993. The Labute approximate surface area is 273 Å². The number of likely N-dealkylation sites (N-methyl/N-ethyl adjacent to an activating group) is 1. The van der Waals surface area contributed by atoms with E-state index in [1.54, 1.807) is 0 Å². The largest absolute Gasteiger partial charge is 1.00 e. The highest BCUT2D eigenvalue weighted by Crippen LogP contribution is 2.16. The molecule has 1 fully saturated rings. The number of unbranched alkanes of at least 4 members (excludes halogenated alkanes) is 15. The van der Waals surface area contributed by atoms with Gasteiger partial charge >= 0.3 is 11.8 Å². The molecule has 1 aromatic heterocycles. The molecule has 1 aromatic rings. The van der Waals surface area contributed by atoms with Gasteiger partial charge in [-0.25, -0.2) is 9.59 Å². The van der Waals surface area contributed by atoms with Crippen LogP contribution in [0.25, 0.3) is 0 Å². The van der Waals surface area contributed by atoms with Crippen LogP contribution in [0.15, 0.2) is 21.9 Å². The summed E-state index contributed by atoms with van der Waals surface area (Å²) >= 11 is 0. The van der Waals surface area contributed by atoms with Crippen molar-refractivity contribution in [1.82, 2.24) is 14.5 Å². The Morgan fingerprint density at radius 2 is 1.41 bits per heavy atom. The summed E-state index contributed by atoms with van der Waals surface area (Å²) < 4.78 is 14.5. The number of nitrogens with zero attached hydrogens (tertiary/aromatic N) is 3.